The van der Waals surface area contributed by atoms with E-state index >= 15 is 0 Å². The van der Waals surface area contributed by atoms with Crippen molar-refractivity contribution in [2.24, 2.45) is 0 Å². The lowest BCUT2D eigenvalue weighted by molar-refractivity contribution is 0.591. The van der Waals surface area contributed by atoms with Crippen LogP contribution in [0.25, 0.3) is 5.57 Å². The minimum atomic E-state index is 0.792. The number of nitrogens with zero attached hydrogens (tertiary/aromatic N) is 1. The van der Waals surface area contributed by atoms with Gasteiger partial charge in [0.1, 0.15) is 0 Å². The SMILES string of the molecule is c1cc2c(c(C3CCCCCC3)c1)C1=C(CCC1)[N]2. The minimum absolute atomic E-state index is 0.792. The molecule has 4 rings (SSSR count). The molecule has 3 aliphatic rings. The summed E-state index contributed by atoms with van der Waals surface area (Å²) in [4.78, 5) is 0. The van der Waals surface area contributed by atoms with Crippen LogP contribution in [0.5, 0.6) is 0 Å². The van der Waals surface area contributed by atoms with Gasteiger partial charge in [-0.25, -0.2) is 0 Å². The summed E-state index contributed by atoms with van der Waals surface area (Å²) in [5, 5.41) is 4.87. The van der Waals surface area contributed by atoms with Crippen molar-refractivity contribution >= 4 is 11.3 Å². The van der Waals surface area contributed by atoms with E-state index in [0.717, 1.165) is 5.92 Å². The quantitative estimate of drug-likeness (QED) is 0.605. The van der Waals surface area contributed by atoms with Gasteiger partial charge in [-0.3, -0.25) is 5.32 Å². The van der Waals surface area contributed by atoms with Gasteiger partial charge in [-0.2, -0.15) is 0 Å². The molecule has 2 aliphatic carbocycles. The van der Waals surface area contributed by atoms with Gasteiger partial charge in [0, 0.05) is 11.3 Å². The van der Waals surface area contributed by atoms with Crippen molar-refractivity contribution in [2.75, 3.05) is 0 Å². The van der Waals surface area contributed by atoms with Gasteiger partial charge >= 0.3 is 0 Å². The van der Waals surface area contributed by atoms with E-state index in [1.807, 2.05) is 0 Å². The van der Waals surface area contributed by atoms with E-state index in [0.29, 0.717) is 0 Å². The molecule has 0 bridgehead atoms. The Hall–Kier alpha value is -1.24. The number of benzene rings is 1. The molecular weight excluding hydrogens is 230 g/mol. The second-order valence-electron chi connectivity index (χ2n) is 6.32. The van der Waals surface area contributed by atoms with Crippen LogP contribution in [0.2, 0.25) is 0 Å². The molecule has 1 aliphatic heterocycles. The van der Waals surface area contributed by atoms with E-state index in [-0.39, 0.29) is 0 Å². The number of hydrogen-bond donors (Lipinski definition) is 0. The van der Waals surface area contributed by atoms with Crippen LogP contribution < -0.4 is 5.32 Å². The van der Waals surface area contributed by atoms with Crippen LogP contribution in [0.3, 0.4) is 0 Å². The summed E-state index contributed by atoms with van der Waals surface area (Å²) >= 11 is 0. The van der Waals surface area contributed by atoms with Gasteiger partial charge in [0.15, 0.2) is 0 Å². The lowest BCUT2D eigenvalue weighted by Gasteiger charge is -2.19. The standard InChI is InChI=1S/C18H22N/c1-2-4-8-13(7-3-1)14-9-5-12-17-18(14)15-10-6-11-16(15)19-17/h5,9,12-13H,1-4,6-8,10-11H2. The van der Waals surface area contributed by atoms with Crippen LogP contribution in [0.15, 0.2) is 23.9 Å². The van der Waals surface area contributed by atoms with Gasteiger partial charge in [0.25, 0.3) is 0 Å². The molecule has 1 fully saturated rings. The molecule has 1 heteroatoms. The smallest absolute Gasteiger partial charge is 0.0711 e. The third-order valence-corrected chi connectivity index (χ3v) is 5.12. The van der Waals surface area contributed by atoms with Crippen LogP contribution in [0, 0.1) is 0 Å². The Kier molecular flexibility index (Phi) is 2.86. The summed E-state index contributed by atoms with van der Waals surface area (Å²) in [5.74, 6) is 0.792. The van der Waals surface area contributed by atoms with Gasteiger partial charge in [0.2, 0.25) is 0 Å². The van der Waals surface area contributed by atoms with Crippen molar-refractivity contribution in [1.82, 2.24) is 5.32 Å². The normalized spacial score (nSPS) is 22.9. The van der Waals surface area contributed by atoms with Crippen LogP contribution in [0.1, 0.15) is 74.8 Å². The second-order valence-corrected chi connectivity index (χ2v) is 6.32. The van der Waals surface area contributed by atoms with Crippen LogP contribution in [-0.4, -0.2) is 0 Å². The Balaban J connectivity index is 1.75. The highest BCUT2D eigenvalue weighted by atomic mass is 14.9. The van der Waals surface area contributed by atoms with E-state index < -0.39 is 0 Å². The van der Waals surface area contributed by atoms with Crippen LogP contribution in [0.4, 0.5) is 5.69 Å². The summed E-state index contributed by atoms with van der Waals surface area (Å²) in [6.07, 6.45) is 12.2. The number of fused-ring (bicyclic) bond motifs is 2. The first-order valence-electron chi connectivity index (χ1n) is 8.00. The van der Waals surface area contributed by atoms with E-state index in [2.05, 4.69) is 18.2 Å². The second kappa shape index (κ2) is 4.70. The molecular formula is C18H22N. The molecule has 1 radical (unpaired) electrons. The van der Waals surface area contributed by atoms with E-state index in [9.17, 15) is 0 Å². The fourth-order valence-corrected chi connectivity index (χ4v) is 4.18. The van der Waals surface area contributed by atoms with Crippen molar-refractivity contribution in [1.29, 1.82) is 0 Å². The molecule has 0 amide bonds. The van der Waals surface area contributed by atoms with Gasteiger partial charge in [0.05, 0.1) is 5.69 Å². The lowest BCUT2D eigenvalue weighted by Crippen LogP contribution is -2.02. The highest BCUT2D eigenvalue weighted by Gasteiger charge is 2.30. The zero-order valence-corrected chi connectivity index (χ0v) is 11.6. The number of rotatable bonds is 1. The van der Waals surface area contributed by atoms with Gasteiger partial charge in [-0.15, -0.1) is 0 Å². The minimum Gasteiger partial charge on any atom is -0.253 e. The molecule has 0 saturated heterocycles. The van der Waals surface area contributed by atoms with Crippen LogP contribution >= 0.6 is 0 Å². The fraction of sp³-hybridized carbons (Fsp3) is 0.556. The number of allylic oxidation sites excluding steroid dienone is 2. The largest absolute Gasteiger partial charge is 0.253 e. The third-order valence-electron chi connectivity index (χ3n) is 5.12. The summed E-state index contributed by atoms with van der Waals surface area (Å²) in [7, 11) is 0. The fourth-order valence-electron chi connectivity index (χ4n) is 4.18. The summed E-state index contributed by atoms with van der Waals surface area (Å²) in [5.41, 5.74) is 7.43. The van der Waals surface area contributed by atoms with Crippen molar-refractivity contribution in [2.45, 2.75) is 63.7 Å². The zero-order chi connectivity index (χ0) is 12.7. The predicted molar refractivity (Wildman–Crippen MR) is 79.5 cm³/mol. The molecule has 0 spiro atoms. The van der Waals surface area contributed by atoms with E-state index in [1.165, 1.54) is 69.2 Å². The maximum atomic E-state index is 4.87. The predicted octanol–water partition coefficient (Wildman–Crippen LogP) is 5.27. The average molecular weight is 252 g/mol. The highest BCUT2D eigenvalue weighted by Crippen LogP contribution is 2.48. The van der Waals surface area contributed by atoms with Crippen molar-refractivity contribution in [3.05, 3.63) is 35.0 Å². The first kappa shape index (κ1) is 11.6. The molecule has 0 N–H and O–H groups in total. The molecule has 1 saturated carbocycles. The zero-order valence-electron chi connectivity index (χ0n) is 11.6. The monoisotopic (exact) mass is 252 g/mol. The molecule has 0 atom stereocenters. The summed E-state index contributed by atoms with van der Waals surface area (Å²) in [6.45, 7) is 0. The van der Waals surface area contributed by atoms with Gasteiger partial charge < -0.3 is 0 Å². The van der Waals surface area contributed by atoms with E-state index in [1.54, 1.807) is 16.7 Å². The first-order chi connectivity index (χ1) is 9.43. The summed E-state index contributed by atoms with van der Waals surface area (Å²) in [6, 6.07) is 6.83. The molecule has 1 aromatic carbocycles. The molecule has 99 valence electrons. The Labute approximate surface area is 116 Å². The topological polar surface area (TPSA) is 14.1 Å². The molecule has 1 nitrogen and oxygen atoms in total. The molecule has 0 aromatic heterocycles. The first-order valence-corrected chi connectivity index (χ1v) is 8.00. The summed E-state index contributed by atoms with van der Waals surface area (Å²) < 4.78 is 0. The van der Waals surface area contributed by atoms with Crippen LogP contribution in [-0.2, 0) is 0 Å². The van der Waals surface area contributed by atoms with Crippen molar-refractivity contribution in [3.8, 4) is 0 Å². The Morgan fingerprint density at radius 1 is 0.895 bits per heavy atom. The maximum Gasteiger partial charge on any atom is 0.0711 e. The molecule has 1 heterocycles. The molecule has 1 aromatic rings. The average Bonchev–Trinajstić information content (AvgIpc) is 2.89. The highest BCUT2D eigenvalue weighted by molar-refractivity contribution is 5.85. The van der Waals surface area contributed by atoms with Crippen molar-refractivity contribution in [3.63, 3.8) is 0 Å². The molecule has 19 heavy (non-hydrogen) atoms. The van der Waals surface area contributed by atoms with Gasteiger partial charge in [-0.1, -0.05) is 37.8 Å². The lowest BCUT2D eigenvalue weighted by atomic mass is 9.85. The number of hydrogen-bond acceptors (Lipinski definition) is 0. The Morgan fingerprint density at radius 2 is 1.74 bits per heavy atom. The Bertz CT molecular complexity index is 518. The Morgan fingerprint density at radius 3 is 2.58 bits per heavy atom. The molecule has 0 unspecified atom stereocenters. The van der Waals surface area contributed by atoms with E-state index in [4.69, 9.17) is 5.32 Å². The van der Waals surface area contributed by atoms with Crippen molar-refractivity contribution < 1.29 is 0 Å². The maximum absolute atomic E-state index is 4.87. The third kappa shape index (κ3) is 1.91. The van der Waals surface area contributed by atoms with Gasteiger partial charge in [-0.05, 0) is 55.2 Å².